The van der Waals surface area contributed by atoms with Crippen LogP contribution in [0, 0.1) is 0 Å². The van der Waals surface area contributed by atoms with Gasteiger partial charge in [0.1, 0.15) is 6.61 Å². The second-order valence-electron chi connectivity index (χ2n) is 5.98. The highest BCUT2D eigenvalue weighted by molar-refractivity contribution is 4.98. The van der Waals surface area contributed by atoms with Crippen LogP contribution in [0.25, 0.3) is 0 Å². The number of nitrogens with one attached hydrogen (secondary N) is 1. The quantitative estimate of drug-likeness (QED) is 0.808. The molecule has 1 atom stereocenters. The van der Waals surface area contributed by atoms with Crippen LogP contribution in [0.1, 0.15) is 56.8 Å². The van der Waals surface area contributed by atoms with Gasteiger partial charge in [0.15, 0.2) is 5.82 Å². The maximum absolute atomic E-state index is 5.50. The van der Waals surface area contributed by atoms with Crippen LogP contribution in [0.3, 0.4) is 0 Å². The molecule has 0 amide bonds. The summed E-state index contributed by atoms with van der Waals surface area (Å²) < 4.78 is 11.0. The molecule has 0 radical (unpaired) electrons. The molecule has 3 rings (SSSR count). The average molecular weight is 294 g/mol. The van der Waals surface area contributed by atoms with Crippen LogP contribution in [0.15, 0.2) is 4.52 Å². The van der Waals surface area contributed by atoms with E-state index in [0.29, 0.717) is 24.5 Å². The fourth-order valence-electron chi connectivity index (χ4n) is 3.40. The lowest BCUT2D eigenvalue weighted by Gasteiger charge is -2.34. The minimum absolute atomic E-state index is 0.306. The van der Waals surface area contributed by atoms with Gasteiger partial charge < -0.3 is 14.6 Å². The molecular formula is C15H26N4O2. The van der Waals surface area contributed by atoms with E-state index in [-0.39, 0.29) is 0 Å². The molecule has 6 heteroatoms. The molecular weight excluding hydrogens is 268 g/mol. The molecule has 0 aliphatic carbocycles. The lowest BCUT2D eigenvalue weighted by Crippen LogP contribution is -2.42. The van der Waals surface area contributed by atoms with Crippen molar-refractivity contribution in [2.75, 3.05) is 26.2 Å². The predicted octanol–water partition coefficient (Wildman–Crippen LogP) is 1.89. The number of nitrogens with zero attached hydrogens (tertiary/aromatic N) is 3. The topological polar surface area (TPSA) is 63.4 Å². The van der Waals surface area contributed by atoms with Crippen molar-refractivity contribution < 1.29 is 9.26 Å². The maximum Gasteiger partial charge on any atom is 0.244 e. The minimum atomic E-state index is 0.306. The first kappa shape index (κ1) is 14.9. The van der Waals surface area contributed by atoms with Crippen molar-refractivity contribution in [1.29, 1.82) is 0 Å². The monoisotopic (exact) mass is 294 g/mol. The molecule has 2 aliphatic rings. The summed E-state index contributed by atoms with van der Waals surface area (Å²) in [6, 6.07) is 0.964. The number of aromatic nitrogens is 2. The molecule has 21 heavy (non-hydrogen) atoms. The van der Waals surface area contributed by atoms with E-state index in [1.54, 1.807) is 0 Å². The molecule has 1 N–H and O–H groups in total. The summed E-state index contributed by atoms with van der Waals surface area (Å²) in [5.41, 5.74) is 0. The zero-order valence-electron chi connectivity index (χ0n) is 12.9. The summed E-state index contributed by atoms with van der Waals surface area (Å²) in [5, 5.41) is 7.49. The number of hydrogen-bond acceptors (Lipinski definition) is 6. The van der Waals surface area contributed by atoms with Crippen molar-refractivity contribution in [3.63, 3.8) is 0 Å². The van der Waals surface area contributed by atoms with E-state index in [4.69, 9.17) is 9.26 Å². The maximum atomic E-state index is 5.50. The largest absolute Gasteiger partial charge is 0.373 e. The van der Waals surface area contributed by atoms with Gasteiger partial charge in [0.05, 0.1) is 6.04 Å². The fraction of sp³-hybridized carbons (Fsp3) is 0.867. The van der Waals surface area contributed by atoms with Gasteiger partial charge in [-0.2, -0.15) is 4.98 Å². The first-order chi connectivity index (χ1) is 10.4. The Labute approximate surface area is 126 Å². The average Bonchev–Trinajstić information content (AvgIpc) is 3.17. The van der Waals surface area contributed by atoms with E-state index in [2.05, 4.69) is 27.3 Å². The van der Waals surface area contributed by atoms with Crippen LogP contribution in [-0.2, 0) is 11.3 Å². The molecule has 1 unspecified atom stereocenters. The Morgan fingerprint density at radius 1 is 1.33 bits per heavy atom. The van der Waals surface area contributed by atoms with Crippen molar-refractivity contribution in [1.82, 2.24) is 20.4 Å². The standard InChI is InChI=1S/C15H26N4O2/c1-2-10-20-11-14-17-15(21-18-14)13-4-3-9-19(13)12-5-7-16-8-6-12/h12-13,16H,2-11H2,1H3. The van der Waals surface area contributed by atoms with E-state index < -0.39 is 0 Å². The lowest BCUT2D eigenvalue weighted by molar-refractivity contribution is 0.114. The normalized spacial score (nSPS) is 24.7. The van der Waals surface area contributed by atoms with Gasteiger partial charge in [-0.25, -0.2) is 0 Å². The van der Waals surface area contributed by atoms with Gasteiger partial charge in [0.25, 0.3) is 0 Å². The van der Waals surface area contributed by atoms with Gasteiger partial charge in [-0.1, -0.05) is 12.1 Å². The Morgan fingerprint density at radius 2 is 2.19 bits per heavy atom. The van der Waals surface area contributed by atoms with Gasteiger partial charge in [0.2, 0.25) is 5.89 Å². The number of hydrogen-bond donors (Lipinski definition) is 1. The van der Waals surface area contributed by atoms with Crippen molar-refractivity contribution in [2.45, 2.75) is 57.7 Å². The van der Waals surface area contributed by atoms with E-state index in [1.807, 2.05) is 0 Å². The third-order valence-corrected chi connectivity index (χ3v) is 4.42. The number of ether oxygens (including phenoxy) is 1. The smallest absolute Gasteiger partial charge is 0.244 e. The first-order valence-corrected chi connectivity index (χ1v) is 8.25. The van der Waals surface area contributed by atoms with Gasteiger partial charge in [-0.15, -0.1) is 0 Å². The molecule has 0 saturated carbocycles. The highest BCUT2D eigenvalue weighted by Gasteiger charge is 2.35. The molecule has 1 aromatic heterocycles. The van der Waals surface area contributed by atoms with Crippen LogP contribution in [0.4, 0.5) is 0 Å². The van der Waals surface area contributed by atoms with Gasteiger partial charge in [-0.3, -0.25) is 4.90 Å². The van der Waals surface area contributed by atoms with Crippen molar-refractivity contribution in [3.05, 3.63) is 11.7 Å². The van der Waals surface area contributed by atoms with Crippen LogP contribution in [0.2, 0.25) is 0 Å². The Kier molecular flexibility index (Phi) is 5.22. The minimum Gasteiger partial charge on any atom is -0.373 e. The molecule has 118 valence electrons. The summed E-state index contributed by atoms with van der Waals surface area (Å²) >= 11 is 0. The van der Waals surface area contributed by atoms with Gasteiger partial charge in [-0.05, 0) is 51.7 Å². The fourth-order valence-corrected chi connectivity index (χ4v) is 3.40. The molecule has 0 bridgehead atoms. The zero-order valence-corrected chi connectivity index (χ0v) is 12.9. The molecule has 6 nitrogen and oxygen atoms in total. The van der Waals surface area contributed by atoms with Crippen molar-refractivity contribution in [2.24, 2.45) is 0 Å². The Morgan fingerprint density at radius 3 is 3.00 bits per heavy atom. The van der Waals surface area contributed by atoms with Crippen molar-refractivity contribution in [3.8, 4) is 0 Å². The summed E-state index contributed by atoms with van der Waals surface area (Å²) in [4.78, 5) is 7.12. The summed E-state index contributed by atoms with van der Waals surface area (Å²) in [6.45, 7) is 6.68. The first-order valence-electron chi connectivity index (χ1n) is 8.25. The van der Waals surface area contributed by atoms with E-state index in [9.17, 15) is 0 Å². The Hall–Kier alpha value is -0.980. The number of rotatable bonds is 6. The Balaban J connectivity index is 1.61. The summed E-state index contributed by atoms with van der Waals surface area (Å²) in [7, 11) is 0. The number of likely N-dealkylation sites (tertiary alicyclic amines) is 1. The SMILES string of the molecule is CCCOCc1noc(C2CCCN2C2CCNCC2)n1. The van der Waals surface area contributed by atoms with Crippen LogP contribution in [0.5, 0.6) is 0 Å². The van der Waals surface area contributed by atoms with Crippen LogP contribution >= 0.6 is 0 Å². The summed E-state index contributed by atoms with van der Waals surface area (Å²) in [5.74, 6) is 1.46. The molecule has 2 aliphatic heterocycles. The molecule has 0 spiro atoms. The highest BCUT2D eigenvalue weighted by atomic mass is 16.5. The third kappa shape index (κ3) is 3.62. The Bertz CT molecular complexity index is 431. The third-order valence-electron chi connectivity index (χ3n) is 4.42. The highest BCUT2D eigenvalue weighted by Crippen LogP contribution is 2.34. The van der Waals surface area contributed by atoms with E-state index in [1.165, 1.54) is 19.3 Å². The zero-order chi connectivity index (χ0) is 14.5. The summed E-state index contributed by atoms with van der Waals surface area (Å²) in [6.07, 6.45) is 5.80. The molecule has 2 saturated heterocycles. The van der Waals surface area contributed by atoms with Gasteiger partial charge in [0, 0.05) is 12.6 Å². The molecule has 3 heterocycles. The number of piperidine rings is 1. The van der Waals surface area contributed by atoms with Crippen LogP contribution in [-0.4, -0.2) is 47.3 Å². The van der Waals surface area contributed by atoms with E-state index in [0.717, 1.165) is 45.0 Å². The molecule has 2 fully saturated rings. The van der Waals surface area contributed by atoms with E-state index >= 15 is 0 Å². The second-order valence-corrected chi connectivity index (χ2v) is 5.98. The van der Waals surface area contributed by atoms with Gasteiger partial charge >= 0.3 is 0 Å². The predicted molar refractivity (Wildman–Crippen MR) is 78.8 cm³/mol. The van der Waals surface area contributed by atoms with Crippen molar-refractivity contribution >= 4 is 0 Å². The molecule has 1 aromatic rings. The van der Waals surface area contributed by atoms with Crippen LogP contribution < -0.4 is 5.32 Å². The lowest BCUT2D eigenvalue weighted by atomic mass is 10.0. The molecule has 0 aromatic carbocycles. The second kappa shape index (κ2) is 7.33.